The molecule has 0 amide bonds. The molecule has 0 saturated carbocycles. The zero-order valence-electron chi connectivity index (χ0n) is 11.1. The number of alkyl halides is 3. The molecule has 23 heavy (non-hydrogen) atoms. The van der Waals surface area contributed by atoms with Crippen LogP contribution in [0.25, 0.3) is 0 Å². The zero-order chi connectivity index (χ0) is 17.2. The molecule has 0 unspecified atom stereocenters. The number of halogens is 7. The summed E-state index contributed by atoms with van der Waals surface area (Å²) in [4.78, 5) is 0. The number of rotatable bonds is 3. The molecule has 122 valence electrons. The lowest BCUT2D eigenvalue weighted by molar-refractivity contribution is -0.137. The first-order chi connectivity index (χ1) is 10.7. The molecular formula is C14H7F7N2. The van der Waals surface area contributed by atoms with E-state index in [1.807, 2.05) is 0 Å². The summed E-state index contributed by atoms with van der Waals surface area (Å²) in [6.45, 7) is 0. The predicted octanol–water partition coefficient (Wildman–Crippen LogP) is 4.71. The number of anilines is 1. The third kappa shape index (κ3) is 3.61. The van der Waals surface area contributed by atoms with Crippen LogP contribution >= 0.6 is 0 Å². The molecule has 2 nitrogen and oxygen atoms in total. The molecule has 0 bridgehead atoms. The van der Waals surface area contributed by atoms with Crippen molar-refractivity contribution in [2.45, 2.75) is 6.18 Å². The molecule has 0 heterocycles. The minimum atomic E-state index is -4.66. The first-order valence-corrected chi connectivity index (χ1v) is 6.00. The average Bonchev–Trinajstić information content (AvgIpc) is 2.48. The minimum Gasteiger partial charge on any atom is -0.272 e. The van der Waals surface area contributed by atoms with Gasteiger partial charge in [0.25, 0.3) is 0 Å². The van der Waals surface area contributed by atoms with E-state index in [1.165, 1.54) is 6.07 Å². The Kier molecular flexibility index (Phi) is 4.57. The third-order valence-electron chi connectivity index (χ3n) is 2.76. The fraction of sp³-hybridized carbons (Fsp3) is 0.0714. The van der Waals surface area contributed by atoms with Crippen molar-refractivity contribution in [1.82, 2.24) is 0 Å². The summed E-state index contributed by atoms with van der Waals surface area (Å²) in [5.41, 5.74) is -1.01. The van der Waals surface area contributed by atoms with E-state index in [9.17, 15) is 30.7 Å². The second-order valence-corrected chi connectivity index (χ2v) is 4.30. The van der Waals surface area contributed by atoms with Crippen molar-refractivity contribution >= 4 is 11.9 Å². The molecule has 9 heteroatoms. The number of hydrogen-bond donors (Lipinski definition) is 1. The van der Waals surface area contributed by atoms with Gasteiger partial charge in [-0.05, 0) is 6.07 Å². The van der Waals surface area contributed by atoms with E-state index >= 15 is 0 Å². The van der Waals surface area contributed by atoms with E-state index in [0.29, 0.717) is 6.21 Å². The minimum absolute atomic E-state index is 0.00147. The van der Waals surface area contributed by atoms with Gasteiger partial charge in [0.15, 0.2) is 23.3 Å². The van der Waals surface area contributed by atoms with Crippen molar-refractivity contribution in [3.8, 4) is 0 Å². The maximum atomic E-state index is 13.3. The normalized spacial score (nSPS) is 12.0. The Bertz CT molecular complexity index is 727. The van der Waals surface area contributed by atoms with Gasteiger partial charge in [0.1, 0.15) is 5.69 Å². The molecule has 2 aromatic carbocycles. The lowest BCUT2D eigenvalue weighted by atomic mass is 10.1. The molecule has 1 N–H and O–H groups in total. The van der Waals surface area contributed by atoms with E-state index in [2.05, 4.69) is 5.10 Å². The van der Waals surface area contributed by atoms with Crippen LogP contribution in [0.3, 0.4) is 0 Å². The van der Waals surface area contributed by atoms with E-state index in [1.54, 1.807) is 5.43 Å². The summed E-state index contributed by atoms with van der Waals surface area (Å²) in [5, 5.41) is 3.20. The van der Waals surface area contributed by atoms with Crippen LogP contribution in [0.1, 0.15) is 11.1 Å². The lowest BCUT2D eigenvalue weighted by Gasteiger charge is -2.09. The van der Waals surface area contributed by atoms with Crippen molar-refractivity contribution in [1.29, 1.82) is 0 Å². The fourth-order valence-electron chi connectivity index (χ4n) is 1.71. The van der Waals surface area contributed by atoms with Gasteiger partial charge in [-0.15, -0.1) is 0 Å². The summed E-state index contributed by atoms with van der Waals surface area (Å²) in [6.07, 6.45) is -4.03. The molecule has 0 aliphatic heterocycles. The zero-order valence-corrected chi connectivity index (χ0v) is 11.1. The summed E-state index contributed by atoms with van der Waals surface area (Å²) in [5.74, 6) is -6.83. The van der Waals surface area contributed by atoms with Crippen LogP contribution in [0, 0.1) is 23.3 Å². The van der Waals surface area contributed by atoms with Crippen molar-refractivity contribution in [2.24, 2.45) is 5.10 Å². The Balaban J connectivity index is 2.31. The number of hydrazone groups is 1. The number of nitrogens with one attached hydrogen (secondary N) is 1. The predicted molar refractivity (Wildman–Crippen MR) is 68.9 cm³/mol. The summed E-state index contributed by atoms with van der Waals surface area (Å²) < 4.78 is 90.8. The summed E-state index contributed by atoms with van der Waals surface area (Å²) in [7, 11) is 0. The summed E-state index contributed by atoms with van der Waals surface area (Å²) in [6, 6.07) is 4.28. The molecule has 0 atom stereocenters. The second kappa shape index (κ2) is 6.27. The van der Waals surface area contributed by atoms with Crippen molar-refractivity contribution in [2.75, 3.05) is 5.43 Å². The van der Waals surface area contributed by atoms with Crippen LogP contribution in [0.4, 0.5) is 36.4 Å². The Labute approximate surface area is 125 Å². The van der Waals surface area contributed by atoms with Gasteiger partial charge >= 0.3 is 6.18 Å². The Morgan fingerprint density at radius 2 is 1.48 bits per heavy atom. The first kappa shape index (κ1) is 16.8. The molecule has 0 spiro atoms. The molecule has 2 aromatic rings. The molecular weight excluding hydrogens is 329 g/mol. The Morgan fingerprint density at radius 3 is 2.04 bits per heavy atom. The topological polar surface area (TPSA) is 24.4 Å². The number of hydrogen-bond acceptors (Lipinski definition) is 2. The Hall–Kier alpha value is -2.58. The first-order valence-electron chi connectivity index (χ1n) is 6.00. The van der Waals surface area contributed by atoms with Crippen molar-refractivity contribution < 1.29 is 30.7 Å². The van der Waals surface area contributed by atoms with Crippen LogP contribution in [0.15, 0.2) is 35.4 Å². The van der Waals surface area contributed by atoms with Crippen molar-refractivity contribution in [3.05, 3.63) is 64.7 Å². The SMILES string of the molecule is Fc1cc(F)c(F)c(N/N=C/c2ccccc2C(F)(F)F)c1F. The number of benzene rings is 2. The third-order valence-corrected chi connectivity index (χ3v) is 2.76. The van der Waals surface area contributed by atoms with E-state index in [4.69, 9.17) is 0 Å². The maximum Gasteiger partial charge on any atom is 0.417 e. The van der Waals surface area contributed by atoms with Gasteiger partial charge in [-0.3, -0.25) is 5.43 Å². The van der Waals surface area contributed by atoms with Crippen molar-refractivity contribution in [3.63, 3.8) is 0 Å². The van der Waals surface area contributed by atoms with Crippen LogP contribution in [0.5, 0.6) is 0 Å². The number of nitrogens with zero attached hydrogens (tertiary/aromatic N) is 1. The molecule has 0 aliphatic carbocycles. The molecule has 0 saturated heterocycles. The Morgan fingerprint density at radius 1 is 0.913 bits per heavy atom. The van der Waals surface area contributed by atoms with Crippen LogP contribution in [0.2, 0.25) is 0 Å². The van der Waals surface area contributed by atoms with E-state index in [-0.39, 0.29) is 6.07 Å². The van der Waals surface area contributed by atoms with E-state index in [0.717, 1.165) is 18.2 Å². The second-order valence-electron chi connectivity index (χ2n) is 4.30. The molecule has 0 aromatic heterocycles. The monoisotopic (exact) mass is 336 g/mol. The standard InChI is InChI=1S/C14H7F7N2/c15-9-5-10(16)12(18)13(11(9)17)23-22-6-7-3-1-2-4-8(7)14(19,20)21/h1-6,23H/b22-6+. The highest BCUT2D eigenvalue weighted by Crippen LogP contribution is 2.31. The van der Waals surface area contributed by atoms with Gasteiger partial charge in [0.2, 0.25) is 0 Å². The highest BCUT2D eigenvalue weighted by Gasteiger charge is 2.32. The van der Waals surface area contributed by atoms with Gasteiger partial charge < -0.3 is 0 Å². The van der Waals surface area contributed by atoms with Crippen LogP contribution < -0.4 is 5.43 Å². The van der Waals surface area contributed by atoms with E-state index < -0.39 is 46.3 Å². The maximum absolute atomic E-state index is 13.3. The quantitative estimate of drug-likeness (QED) is 0.373. The van der Waals surface area contributed by atoms with Gasteiger partial charge in [-0.25, -0.2) is 17.6 Å². The fourth-order valence-corrected chi connectivity index (χ4v) is 1.71. The highest BCUT2D eigenvalue weighted by molar-refractivity contribution is 5.82. The summed E-state index contributed by atoms with van der Waals surface area (Å²) >= 11 is 0. The van der Waals surface area contributed by atoms with Gasteiger partial charge in [0, 0.05) is 11.6 Å². The largest absolute Gasteiger partial charge is 0.417 e. The highest BCUT2D eigenvalue weighted by atomic mass is 19.4. The molecule has 0 radical (unpaired) electrons. The molecule has 0 aliphatic rings. The average molecular weight is 336 g/mol. The van der Waals surface area contributed by atoms with Gasteiger partial charge in [0.05, 0.1) is 11.8 Å². The molecule has 2 rings (SSSR count). The van der Waals surface area contributed by atoms with Gasteiger partial charge in [-0.2, -0.15) is 18.3 Å². The van der Waals surface area contributed by atoms with Crippen LogP contribution in [-0.4, -0.2) is 6.21 Å². The molecule has 0 fully saturated rings. The van der Waals surface area contributed by atoms with Gasteiger partial charge in [-0.1, -0.05) is 18.2 Å². The lowest BCUT2D eigenvalue weighted by Crippen LogP contribution is -2.09. The van der Waals surface area contributed by atoms with Crippen LogP contribution in [-0.2, 0) is 6.18 Å². The smallest absolute Gasteiger partial charge is 0.272 e.